The molecule has 2 heterocycles. The molecule has 6 heteroatoms. The van der Waals surface area contributed by atoms with Gasteiger partial charge in [0.25, 0.3) is 0 Å². The van der Waals surface area contributed by atoms with Crippen LogP contribution in [0.1, 0.15) is 31.2 Å². The van der Waals surface area contributed by atoms with Gasteiger partial charge in [-0.3, -0.25) is 4.79 Å². The molecule has 0 unspecified atom stereocenters. The van der Waals surface area contributed by atoms with Gasteiger partial charge in [0.15, 0.2) is 0 Å². The number of carbonyl (C=O) groups is 1. The average Bonchev–Trinajstić information content (AvgIpc) is 2.59. The maximum Gasteiger partial charge on any atom is 0.240 e. The summed E-state index contributed by atoms with van der Waals surface area (Å²) in [6.07, 6.45) is 7.34. The van der Waals surface area contributed by atoms with Crippen molar-refractivity contribution in [2.75, 3.05) is 13.1 Å². The van der Waals surface area contributed by atoms with E-state index in [-0.39, 0.29) is 24.6 Å². The second kappa shape index (κ2) is 7.75. The number of carbonyl (C=O) groups excluding carboxylic acids is 1. The zero-order valence-electron chi connectivity index (χ0n) is 13.5. The number of allylic oxidation sites excluding steroid dienone is 1. The highest BCUT2D eigenvalue weighted by Gasteiger charge is 2.29. The summed E-state index contributed by atoms with van der Waals surface area (Å²) in [7, 11) is 0. The first-order valence-electron chi connectivity index (χ1n) is 8.40. The first-order valence-corrected chi connectivity index (χ1v) is 8.40. The Bertz CT molecular complexity index is 621. The van der Waals surface area contributed by atoms with Gasteiger partial charge in [0.05, 0.1) is 12.3 Å². The zero-order chi connectivity index (χ0) is 16.9. The molecule has 0 saturated carbocycles. The number of halogens is 2. The number of benzene rings is 1. The van der Waals surface area contributed by atoms with Gasteiger partial charge < -0.3 is 15.0 Å². The Labute approximate surface area is 140 Å². The molecular weight excluding hydrogens is 314 g/mol. The van der Waals surface area contributed by atoms with E-state index >= 15 is 0 Å². The van der Waals surface area contributed by atoms with Crippen molar-refractivity contribution in [1.82, 2.24) is 10.2 Å². The molecule has 1 saturated heterocycles. The van der Waals surface area contributed by atoms with E-state index in [4.69, 9.17) is 4.74 Å². The molecule has 130 valence electrons. The predicted octanol–water partition coefficient (Wildman–Crippen LogP) is 2.74. The number of hydrogen-bond acceptors (Lipinski definition) is 3. The van der Waals surface area contributed by atoms with Crippen LogP contribution in [0.5, 0.6) is 0 Å². The third kappa shape index (κ3) is 4.12. The minimum Gasteiger partial charge on any atom is -0.497 e. The summed E-state index contributed by atoms with van der Waals surface area (Å²) in [5.74, 6) is -1.25. The number of ether oxygens (including phenoxy) is 1. The number of nitrogens with zero attached hydrogens (tertiary/aromatic N) is 1. The van der Waals surface area contributed by atoms with E-state index < -0.39 is 11.6 Å². The fourth-order valence-corrected chi connectivity index (χ4v) is 3.15. The number of rotatable bonds is 5. The molecule has 2 atom stereocenters. The SMILES string of the molecule is O=C1[C@H](NC[C@H]2CCC=CO2)CCCN1Cc1ccc(F)cc1F. The largest absolute Gasteiger partial charge is 0.497 e. The van der Waals surface area contributed by atoms with Crippen molar-refractivity contribution in [2.45, 2.75) is 44.4 Å². The Morgan fingerprint density at radius 1 is 1.29 bits per heavy atom. The Hall–Kier alpha value is -1.95. The fourth-order valence-electron chi connectivity index (χ4n) is 3.15. The summed E-state index contributed by atoms with van der Waals surface area (Å²) in [4.78, 5) is 14.2. The molecular formula is C18H22F2N2O2. The van der Waals surface area contributed by atoms with Crippen LogP contribution < -0.4 is 5.32 Å². The first-order chi connectivity index (χ1) is 11.6. The van der Waals surface area contributed by atoms with E-state index in [2.05, 4.69) is 5.32 Å². The van der Waals surface area contributed by atoms with Crippen molar-refractivity contribution >= 4 is 5.91 Å². The second-order valence-corrected chi connectivity index (χ2v) is 6.31. The molecule has 0 radical (unpaired) electrons. The van der Waals surface area contributed by atoms with Crippen LogP contribution in [-0.4, -0.2) is 36.0 Å². The predicted molar refractivity (Wildman–Crippen MR) is 86.0 cm³/mol. The smallest absolute Gasteiger partial charge is 0.240 e. The quantitative estimate of drug-likeness (QED) is 0.899. The van der Waals surface area contributed by atoms with E-state index in [0.29, 0.717) is 18.7 Å². The van der Waals surface area contributed by atoms with Gasteiger partial charge in [-0.1, -0.05) is 6.07 Å². The maximum atomic E-state index is 13.8. The topological polar surface area (TPSA) is 41.6 Å². The van der Waals surface area contributed by atoms with Crippen molar-refractivity contribution in [3.63, 3.8) is 0 Å². The number of piperidine rings is 1. The van der Waals surface area contributed by atoms with E-state index in [1.807, 2.05) is 6.08 Å². The van der Waals surface area contributed by atoms with Crippen molar-refractivity contribution in [3.05, 3.63) is 47.7 Å². The lowest BCUT2D eigenvalue weighted by Crippen LogP contribution is -2.51. The highest BCUT2D eigenvalue weighted by molar-refractivity contribution is 5.82. The minimum atomic E-state index is -0.611. The van der Waals surface area contributed by atoms with Crippen LogP contribution in [0.3, 0.4) is 0 Å². The minimum absolute atomic E-state index is 0.0312. The molecule has 2 aliphatic heterocycles. The van der Waals surface area contributed by atoms with Gasteiger partial charge in [-0.25, -0.2) is 8.78 Å². The van der Waals surface area contributed by atoms with Crippen LogP contribution in [0, 0.1) is 11.6 Å². The van der Waals surface area contributed by atoms with E-state index in [1.165, 1.54) is 12.1 Å². The molecule has 0 aliphatic carbocycles. The molecule has 0 bridgehead atoms. The fraction of sp³-hybridized carbons (Fsp3) is 0.500. The Morgan fingerprint density at radius 3 is 2.92 bits per heavy atom. The third-order valence-electron chi connectivity index (χ3n) is 4.52. The summed E-state index contributed by atoms with van der Waals surface area (Å²) in [5, 5.41) is 3.28. The number of likely N-dealkylation sites (tertiary alicyclic amines) is 1. The lowest BCUT2D eigenvalue weighted by atomic mass is 10.0. The van der Waals surface area contributed by atoms with Crippen LogP contribution in [-0.2, 0) is 16.1 Å². The summed E-state index contributed by atoms with van der Waals surface area (Å²) in [6, 6.07) is 3.21. The van der Waals surface area contributed by atoms with Gasteiger partial charge >= 0.3 is 0 Å². The molecule has 1 amide bonds. The van der Waals surface area contributed by atoms with Gasteiger partial charge in [0.2, 0.25) is 5.91 Å². The van der Waals surface area contributed by atoms with Crippen molar-refractivity contribution < 1.29 is 18.3 Å². The lowest BCUT2D eigenvalue weighted by Gasteiger charge is -2.33. The van der Waals surface area contributed by atoms with Crippen molar-refractivity contribution in [2.24, 2.45) is 0 Å². The molecule has 0 aromatic heterocycles. The van der Waals surface area contributed by atoms with Crippen molar-refractivity contribution in [3.8, 4) is 0 Å². The van der Waals surface area contributed by atoms with Crippen LogP contribution in [0.4, 0.5) is 8.78 Å². The standard InChI is InChI=1S/C18H22F2N2O2/c19-14-7-6-13(16(20)10-14)12-22-8-3-5-17(18(22)23)21-11-15-4-1-2-9-24-15/h2,6-7,9-10,15,17,21H,1,3-5,8,11-12H2/t15-,17-/m1/s1. The molecule has 1 fully saturated rings. The molecule has 2 aliphatic rings. The second-order valence-electron chi connectivity index (χ2n) is 6.31. The van der Waals surface area contributed by atoms with Crippen LogP contribution in [0.2, 0.25) is 0 Å². The van der Waals surface area contributed by atoms with Gasteiger partial charge in [0.1, 0.15) is 17.7 Å². The molecule has 1 aromatic rings. The van der Waals surface area contributed by atoms with Crippen LogP contribution in [0.25, 0.3) is 0 Å². The summed E-state index contributed by atoms with van der Waals surface area (Å²) < 4.78 is 32.3. The molecule has 1 aromatic carbocycles. The van der Waals surface area contributed by atoms with Crippen LogP contribution >= 0.6 is 0 Å². The molecule has 0 spiro atoms. The highest BCUT2D eigenvalue weighted by Crippen LogP contribution is 2.18. The van der Waals surface area contributed by atoms with Gasteiger partial charge in [-0.05, 0) is 37.8 Å². The molecule has 4 nitrogen and oxygen atoms in total. The summed E-state index contributed by atoms with van der Waals surface area (Å²) in [6.45, 7) is 1.39. The van der Waals surface area contributed by atoms with E-state index in [1.54, 1.807) is 11.2 Å². The number of nitrogens with one attached hydrogen (secondary N) is 1. The van der Waals surface area contributed by atoms with Gasteiger partial charge in [-0.15, -0.1) is 0 Å². The molecule has 1 N–H and O–H groups in total. The van der Waals surface area contributed by atoms with Crippen LogP contribution in [0.15, 0.2) is 30.5 Å². The normalized spacial score (nSPS) is 24.1. The highest BCUT2D eigenvalue weighted by atomic mass is 19.1. The third-order valence-corrected chi connectivity index (χ3v) is 4.52. The van der Waals surface area contributed by atoms with Crippen molar-refractivity contribution in [1.29, 1.82) is 0 Å². The number of amides is 1. The monoisotopic (exact) mass is 336 g/mol. The van der Waals surface area contributed by atoms with Gasteiger partial charge in [0, 0.05) is 31.3 Å². The first kappa shape index (κ1) is 16.9. The summed E-state index contributed by atoms with van der Waals surface area (Å²) in [5.41, 5.74) is 0.339. The van der Waals surface area contributed by atoms with E-state index in [9.17, 15) is 13.6 Å². The summed E-state index contributed by atoms with van der Waals surface area (Å²) >= 11 is 0. The Morgan fingerprint density at radius 2 is 2.17 bits per heavy atom. The van der Waals surface area contributed by atoms with Gasteiger partial charge in [-0.2, -0.15) is 0 Å². The molecule has 24 heavy (non-hydrogen) atoms. The lowest BCUT2D eigenvalue weighted by molar-refractivity contribution is -0.136. The Kier molecular flexibility index (Phi) is 5.45. The molecule has 3 rings (SSSR count). The zero-order valence-corrected chi connectivity index (χ0v) is 13.5. The van der Waals surface area contributed by atoms with E-state index in [0.717, 1.165) is 31.7 Å². The number of hydrogen-bond donors (Lipinski definition) is 1. The Balaban J connectivity index is 1.56. The maximum absolute atomic E-state index is 13.8. The average molecular weight is 336 g/mol.